The molecule has 0 radical (unpaired) electrons. The quantitative estimate of drug-likeness (QED) is 0.420. The number of nitrogen functional groups attached to an aromatic ring is 1. The van der Waals surface area contributed by atoms with E-state index < -0.39 is 4.92 Å². The second kappa shape index (κ2) is 6.76. The van der Waals surface area contributed by atoms with Gasteiger partial charge in [-0.15, -0.1) is 0 Å². The number of anilines is 2. The van der Waals surface area contributed by atoms with Gasteiger partial charge in [0.05, 0.1) is 17.1 Å². The maximum atomic E-state index is 10.9. The Hall–Kier alpha value is -1.54. The number of pyridine rings is 1. The highest BCUT2D eigenvalue weighted by Gasteiger charge is 2.27. The van der Waals surface area contributed by atoms with E-state index in [2.05, 4.69) is 22.7 Å². The van der Waals surface area contributed by atoms with E-state index in [1.165, 1.54) is 25.0 Å². The van der Waals surface area contributed by atoms with Crippen LogP contribution < -0.4 is 16.6 Å². The molecule has 0 saturated heterocycles. The molecule has 0 spiro atoms. The molecule has 0 aliphatic heterocycles. The molecule has 2 unspecified atom stereocenters. The van der Waals surface area contributed by atoms with Crippen LogP contribution in [0.1, 0.15) is 26.2 Å². The highest BCUT2D eigenvalue weighted by molar-refractivity contribution is 7.99. The lowest BCUT2D eigenvalue weighted by molar-refractivity contribution is -0.384. The van der Waals surface area contributed by atoms with Gasteiger partial charge in [-0.25, -0.2) is 10.8 Å². The molecule has 0 amide bonds. The molecule has 1 aliphatic rings. The van der Waals surface area contributed by atoms with Gasteiger partial charge in [0.25, 0.3) is 5.69 Å². The van der Waals surface area contributed by atoms with Gasteiger partial charge in [0, 0.05) is 11.3 Å². The minimum absolute atomic E-state index is 0.0202. The second-order valence-corrected chi connectivity index (χ2v) is 6.19. The Balaban J connectivity index is 2.15. The average Bonchev–Trinajstić information content (AvgIpc) is 2.86. The molecular formula is C12H19N5O2S. The Morgan fingerprint density at radius 2 is 2.25 bits per heavy atom. The molecule has 0 bridgehead atoms. The topological polar surface area (TPSA) is 106 Å². The van der Waals surface area contributed by atoms with Crippen molar-refractivity contribution in [3.63, 3.8) is 0 Å². The fourth-order valence-corrected chi connectivity index (χ4v) is 3.66. The first-order valence-corrected chi connectivity index (χ1v) is 7.70. The summed E-state index contributed by atoms with van der Waals surface area (Å²) in [7, 11) is 0. The minimum Gasteiger partial charge on any atom is -0.366 e. The fourth-order valence-electron chi connectivity index (χ4n) is 2.46. The van der Waals surface area contributed by atoms with Crippen LogP contribution in [0.2, 0.25) is 0 Å². The average molecular weight is 297 g/mol. The second-order valence-electron chi connectivity index (χ2n) is 4.67. The first kappa shape index (κ1) is 14.9. The lowest BCUT2D eigenvalue weighted by Gasteiger charge is -2.20. The van der Waals surface area contributed by atoms with Gasteiger partial charge in [0.15, 0.2) is 0 Å². The van der Waals surface area contributed by atoms with Crippen molar-refractivity contribution in [2.24, 2.45) is 5.84 Å². The number of nitro groups is 1. The summed E-state index contributed by atoms with van der Waals surface area (Å²) in [5, 5.41) is 14.8. The first-order valence-electron chi connectivity index (χ1n) is 6.65. The molecule has 1 aromatic heterocycles. The maximum Gasteiger partial charge on any atom is 0.276 e. The molecule has 2 rings (SSSR count). The monoisotopic (exact) mass is 297 g/mol. The Kier molecular flexibility index (Phi) is 5.02. The van der Waals surface area contributed by atoms with E-state index in [9.17, 15) is 10.1 Å². The Bertz CT molecular complexity index is 485. The maximum absolute atomic E-state index is 10.9. The number of aromatic nitrogens is 1. The molecule has 4 N–H and O–H groups in total. The highest BCUT2D eigenvalue weighted by atomic mass is 32.2. The summed E-state index contributed by atoms with van der Waals surface area (Å²) in [6, 6.07) is 3.07. The predicted octanol–water partition coefficient (Wildman–Crippen LogP) is 2.36. The molecule has 7 nitrogen and oxygen atoms in total. The number of nitrogens with two attached hydrogens (primary N) is 1. The third-order valence-corrected chi connectivity index (χ3v) is 4.66. The lowest BCUT2D eigenvalue weighted by atomic mass is 10.2. The smallest absolute Gasteiger partial charge is 0.276 e. The van der Waals surface area contributed by atoms with Gasteiger partial charge >= 0.3 is 0 Å². The van der Waals surface area contributed by atoms with Crippen LogP contribution in [-0.2, 0) is 0 Å². The van der Waals surface area contributed by atoms with Crippen LogP contribution in [0.3, 0.4) is 0 Å². The summed E-state index contributed by atoms with van der Waals surface area (Å²) >= 11 is 1.92. The number of rotatable bonds is 6. The Morgan fingerprint density at radius 1 is 1.50 bits per heavy atom. The first-order chi connectivity index (χ1) is 9.63. The SMILES string of the molecule is CCSC1CCCC1Nc1cc([N+](=O)[O-])cc(NN)n1. The predicted molar refractivity (Wildman–Crippen MR) is 81.9 cm³/mol. The molecule has 0 aromatic carbocycles. The summed E-state index contributed by atoms with van der Waals surface area (Å²) < 4.78 is 0. The van der Waals surface area contributed by atoms with Crippen LogP contribution in [0, 0.1) is 10.1 Å². The Labute approximate surface area is 121 Å². The summed E-state index contributed by atoms with van der Waals surface area (Å²) in [5.74, 6) is 7.17. The van der Waals surface area contributed by atoms with Crippen molar-refractivity contribution in [1.29, 1.82) is 0 Å². The summed E-state index contributed by atoms with van der Waals surface area (Å²) in [6.07, 6.45) is 3.41. The molecule has 1 heterocycles. The zero-order chi connectivity index (χ0) is 14.5. The molecular weight excluding hydrogens is 278 g/mol. The molecule has 1 fully saturated rings. The van der Waals surface area contributed by atoms with Crippen LogP contribution in [0.5, 0.6) is 0 Å². The number of thioether (sulfide) groups is 1. The van der Waals surface area contributed by atoms with Gasteiger partial charge in [-0.3, -0.25) is 10.1 Å². The lowest BCUT2D eigenvalue weighted by Crippen LogP contribution is -2.27. The molecule has 1 aromatic rings. The zero-order valence-corrected chi connectivity index (χ0v) is 12.2. The van der Waals surface area contributed by atoms with E-state index in [0.717, 1.165) is 12.2 Å². The van der Waals surface area contributed by atoms with Gasteiger partial charge in [-0.1, -0.05) is 13.3 Å². The number of nitrogens with zero attached hydrogens (tertiary/aromatic N) is 2. The van der Waals surface area contributed by atoms with Gasteiger partial charge < -0.3 is 10.7 Å². The minimum atomic E-state index is -0.444. The van der Waals surface area contributed by atoms with Crippen molar-refractivity contribution >= 4 is 29.1 Å². The number of hydrogen-bond acceptors (Lipinski definition) is 7. The van der Waals surface area contributed by atoms with Crippen LogP contribution in [0.15, 0.2) is 12.1 Å². The van der Waals surface area contributed by atoms with E-state index in [1.807, 2.05) is 11.8 Å². The molecule has 8 heteroatoms. The summed E-state index contributed by atoms with van der Waals surface area (Å²) in [6.45, 7) is 2.14. The van der Waals surface area contributed by atoms with Crippen LogP contribution in [-0.4, -0.2) is 27.0 Å². The molecule has 2 atom stereocenters. The highest BCUT2D eigenvalue weighted by Crippen LogP contribution is 2.32. The third kappa shape index (κ3) is 3.51. The van der Waals surface area contributed by atoms with Crippen molar-refractivity contribution in [2.45, 2.75) is 37.5 Å². The summed E-state index contributed by atoms with van der Waals surface area (Å²) in [4.78, 5) is 14.7. The van der Waals surface area contributed by atoms with Crippen molar-refractivity contribution in [2.75, 3.05) is 16.5 Å². The van der Waals surface area contributed by atoms with Gasteiger partial charge in [-0.05, 0) is 18.6 Å². The van der Waals surface area contributed by atoms with Crippen LogP contribution >= 0.6 is 11.8 Å². The van der Waals surface area contributed by atoms with Crippen LogP contribution in [0.25, 0.3) is 0 Å². The third-order valence-electron chi connectivity index (χ3n) is 3.34. The molecule has 1 saturated carbocycles. The van der Waals surface area contributed by atoms with Crippen LogP contribution in [0.4, 0.5) is 17.3 Å². The normalized spacial score (nSPS) is 21.7. The van der Waals surface area contributed by atoms with E-state index >= 15 is 0 Å². The number of nitrogens with one attached hydrogen (secondary N) is 2. The Morgan fingerprint density at radius 3 is 2.90 bits per heavy atom. The van der Waals surface area contributed by atoms with E-state index in [4.69, 9.17) is 5.84 Å². The van der Waals surface area contributed by atoms with Gasteiger partial charge in [0.2, 0.25) is 0 Å². The largest absolute Gasteiger partial charge is 0.366 e. The van der Waals surface area contributed by atoms with E-state index in [-0.39, 0.29) is 5.69 Å². The zero-order valence-electron chi connectivity index (χ0n) is 11.3. The van der Waals surface area contributed by atoms with Crippen molar-refractivity contribution in [1.82, 2.24) is 4.98 Å². The fraction of sp³-hybridized carbons (Fsp3) is 0.583. The number of hydrogen-bond donors (Lipinski definition) is 3. The summed E-state index contributed by atoms with van der Waals surface area (Å²) in [5.41, 5.74) is 2.34. The molecule has 1 aliphatic carbocycles. The standard InChI is InChI=1S/C12H19N5O2S/c1-2-20-10-5-3-4-9(10)14-11-6-8(17(18)19)7-12(15-11)16-13/h6-7,9-10H,2-5,13H2,1H3,(H2,14,15,16). The van der Waals surface area contributed by atoms with Crippen molar-refractivity contribution < 1.29 is 4.92 Å². The molecule has 20 heavy (non-hydrogen) atoms. The molecule has 110 valence electrons. The van der Waals surface area contributed by atoms with Crippen molar-refractivity contribution in [3.05, 3.63) is 22.2 Å². The van der Waals surface area contributed by atoms with Gasteiger partial charge in [0.1, 0.15) is 11.6 Å². The number of hydrazine groups is 1. The van der Waals surface area contributed by atoms with Gasteiger partial charge in [-0.2, -0.15) is 11.8 Å². The van der Waals surface area contributed by atoms with E-state index in [1.54, 1.807) is 0 Å². The van der Waals surface area contributed by atoms with Crippen molar-refractivity contribution in [3.8, 4) is 0 Å². The van der Waals surface area contributed by atoms with E-state index in [0.29, 0.717) is 22.9 Å².